The lowest BCUT2D eigenvalue weighted by Gasteiger charge is -2.20. The van der Waals surface area contributed by atoms with Gasteiger partial charge in [-0.15, -0.1) is 0 Å². The molecule has 0 atom stereocenters. The van der Waals surface area contributed by atoms with E-state index in [0.29, 0.717) is 16.3 Å². The molecule has 130 valence electrons. The van der Waals surface area contributed by atoms with Crippen molar-refractivity contribution in [3.05, 3.63) is 70.8 Å². The molecule has 0 unspecified atom stereocenters. The third kappa shape index (κ3) is 6.08. The van der Waals surface area contributed by atoms with Gasteiger partial charge in [0.15, 0.2) is 0 Å². The molecule has 0 aromatic heterocycles. The standard InChI is InChI=1S/C20H21ClN2O2/c1-20(2,3)23-19(25)15-8-11-16(12-9-15)22-18(24)13-10-14-6-4-5-7-17(14)21/h4-13H,1-3H3,(H,22,24)(H,23,25)/b13-10+. The highest BCUT2D eigenvalue weighted by Gasteiger charge is 2.15. The number of rotatable bonds is 4. The van der Waals surface area contributed by atoms with Crippen molar-refractivity contribution in [1.29, 1.82) is 0 Å². The molecule has 2 N–H and O–H groups in total. The Balaban J connectivity index is 1.98. The predicted octanol–water partition coefficient (Wildman–Crippen LogP) is 4.52. The maximum absolute atomic E-state index is 12.1. The van der Waals surface area contributed by atoms with Crippen LogP contribution in [-0.2, 0) is 4.79 Å². The van der Waals surface area contributed by atoms with Crippen LogP contribution in [0.5, 0.6) is 0 Å². The Morgan fingerprint density at radius 2 is 1.64 bits per heavy atom. The van der Waals surface area contributed by atoms with Gasteiger partial charge in [-0.05, 0) is 62.7 Å². The molecule has 0 fully saturated rings. The number of carbonyl (C=O) groups excluding carboxylic acids is 2. The molecule has 0 spiro atoms. The minimum absolute atomic E-state index is 0.149. The minimum Gasteiger partial charge on any atom is -0.347 e. The second-order valence-electron chi connectivity index (χ2n) is 6.63. The molecule has 4 nitrogen and oxygen atoms in total. The van der Waals surface area contributed by atoms with Gasteiger partial charge in [-0.25, -0.2) is 0 Å². The second-order valence-corrected chi connectivity index (χ2v) is 7.03. The summed E-state index contributed by atoms with van der Waals surface area (Å²) < 4.78 is 0. The predicted molar refractivity (Wildman–Crippen MR) is 103 cm³/mol. The van der Waals surface area contributed by atoms with E-state index in [0.717, 1.165) is 5.56 Å². The molecule has 0 bridgehead atoms. The van der Waals surface area contributed by atoms with E-state index in [2.05, 4.69) is 10.6 Å². The number of benzene rings is 2. The van der Waals surface area contributed by atoms with E-state index in [1.54, 1.807) is 36.4 Å². The first kappa shape index (κ1) is 18.7. The van der Waals surface area contributed by atoms with Crippen LogP contribution in [0.2, 0.25) is 5.02 Å². The van der Waals surface area contributed by atoms with E-state index in [9.17, 15) is 9.59 Å². The number of anilines is 1. The van der Waals surface area contributed by atoms with Crippen LogP contribution in [-0.4, -0.2) is 17.4 Å². The quantitative estimate of drug-likeness (QED) is 0.791. The summed E-state index contributed by atoms with van der Waals surface area (Å²) in [7, 11) is 0. The lowest BCUT2D eigenvalue weighted by atomic mass is 10.1. The van der Waals surface area contributed by atoms with E-state index in [-0.39, 0.29) is 17.4 Å². The van der Waals surface area contributed by atoms with E-state index in [1.807, 2.05) is 39.0 Å². The van der Waals surface area contributed by atoms with E-state index < -0.39 is 0 Å². The Labute approximate surface area is 152 Å². The highest BCUT2D eigenvalue weighted by molar-refractivity contribution is 6.32. The number of halogens is 1. The van der Waals surface area contributed by atoms with Crippen molar-refractivity contribution in [2.45, 2.75) is 26.3 Å². The molecule has 2 rings (SSSR count). The molecule has 0 aliphatic rings. The topological polar surface area (TPSA) is 58.2 Å². The van der Waals surface area contributed by atoms with Crippen molar-refractivity contribution in [3.8, 4) is 0 Å². The molecule has 5 heteroatoms. The molecule has 0 saturated carbocycles. The molecule has 0 heterocycles. The summed E-state index contributed by atoms with van der Waals surface area (Å²) in [6.45, 7) is 5.76. The summed E-state index contributed by atoms with van der Waals surface area (Å²) in [6.07, 6.45) is 3.07. The molecule has 0 aliphatic heterocycles. The second kappa shape index (κ2) is 7.99. The van der Waals surface area contributed by atoms with Gasteiger partial charge in [-0.3, -0.25) is 9.59 Å². The first-order valence-corrected chi connectivity index (χ1v) is 8.28. The van der Waals surface area contributed by atoms with Gasteiger partial charge in [0.1, 0.15) is 0 Å². The van der Waals surface area contributed by atoms with E-state index >= 15 is 0 Å². The summed E-state index contributed by atoms with van der Waals surface area (Å²) in [5, 5.41) is 6.22. The Hall–Kier alpha value is -2.59. The van der Waals surface area contributed by atoms with Crippen molar-refractivity contribution >= 4 is 35.2 Å². The summed E-state index contributed by atoms with van der Waals surface area (Å²) in [4.78, 5) is 24.0. The van der Waals surface area contributed by atoms with Crippen LogP contribution in [0.1, 0.15) is 36.7 Å². The highest BCUT2D eigenvalue weighted by Crippen LogP contribution is 2.16. The highest BCUT2D eigenvalue weighted by atomic mass is 35.5. The fourth-order valence-corrected chi connectivity index (χ4v) is 2.28. The first-order chi connectivity index (χ1) is 11.7. The molecule has 25 heavy (non-hydrogen) atoms. The normalized spacial score (nSPS) is 11.4. The molecular weight excluding hydrogens is 336 g/mol. The minimum atomic E-state index is -0.298. The number of hydrogen-bond acceptors (Lipinski definition) is 2. The Morgan fingerprint density at radius 3 is 2.24 bits per heavy atom. The summed E-state index contributed by atoms with van der Waals surface area (Å²) in [5.74, 6) is -0.421. The average molecular weight is 357 g/mol. The van der Waals surface area contributed by atoms with Crippen molar-refractivity contribution in [2.75, 3.05) is 5.32 Å². The number of amides is 2. The van der Waals surface area contributed by atoms with E-state index in [4.69, 9.17) is 11.6 Å². The number of hydrogen-bond donors (Lipinski definition) is 2. The van der Waals surface area contributed by atoms with Crippen LogP contribution in [0, 0.1) is 0 Å². The van der Waals surface area contributed by atoms with Crippen molar-refractivity contribution in [3.63, 3.8) is 0 Å². The third-order valence-electron chi connectivity index (χ3n) is 3.22. The molecule has 2 amide bonds. The average Bonchev–Trinajstić information content (AvgIpc) is 2.53. The van der Waals surface area contributed by atoms with Crippen LogP contribution < -0.4 is 10.6 Å². The summed E-state index contributed by atoms with van der Waals surface area (Å²) in [6, 6.07) is 14.0. The van der Waals surface area contributed by atoms with E-state index in [1.165, 1.54) is 6.08 Å². The Morgan fingerprint density at radius 1 is 1.00 bits per heavy atom. The Bertz CT molecular complexity index is 790. The monoisotopic (exact) mass is 356 g/mol. The van der Waals surface area contributed by atoms with Gasteiger partial charge in [0.2, 0.25) is 5.91 Å². The molecule has 2 aromatic carbocycles. The fraction of sp³-hybridized carbons (Fsp3) is 0.200. The van der Waals surface area contributed by atoms with Crippen LogP contribution >= 0.6 is 11.6 Å². The lowest BCUT2D eigenvalue weighted by Crippen LogP contribution is -2.40. The van der Waals surface area contributed by atoms with Crippen molar-refractivity contribution in [2.24, 2.45) is 0 Å². The van der Waals surface area contributed by atoms with Gasteiger partial charge in [0, 0.05) is 27.9 Å². The zero-order chi connectivity index (χ0) is 18.4. The van der Waals surface area contributed by atoms with Gasteiger partial charge in [-0.2, -0.15) is 0 Å². The smallest absolute Gasteiger partial charge is 0.251 e. The zero-order valence-corrected chi connectivity index (χ0v) is 15.2. The van der Waals surface area contributed by atoms with Crippen LogP contribution in [0.25, 0.3) is 6.08 Å². The SMILES string of the molecule is CC(C)(C)NC(=O)c1ccc(NC(=O)/C=C/c2ccccc2Cl)cc1. The maximum atomic E-state index is 12.1. The van der Waals surface area contributed by atoms with Crippen molar-refractivity contribution in [1.82, 2.24) is 5.32 Å². The van der Waals surface area contributed by atoms with Crippen LogP contribution in [0.4, 0.5) is 5.69 Å². The first-order valence-electron chi connectivity index (χ1n) is 7.91. The largest absolute Gasteiger partial charge is 0.347 e. The number of carbonyl (C=O) groups is 2. The molecule has 0 aliphatic carbocycles. The molecule has 0 radical (unpaired) electrons. The Kier molecular flexibility index (Phi) is 5.99. The van der Waals surface area contributed by atoms with Gasteiger partial charge < -0.3 is 10.6 Å². The van der Waals surface area contributed by atoms with Crippen LogP contribution in [0.3, 0.4) is 0 Å². The molecule has 0 saturated heterocycles. The molecular formula is C20H21ClN2O2. The fourth-order valence-electron chi connectivity index (χ4n) is 2.08. The third-order valence-corrected chi connectivity index (χ3v) is 3.57. The molecule has 2 aromatic rings. The van der Waals surface area contributed by atoms with Gasteiger partial charge in [0.05, 0.1) is 0 Å². The van der Waals surface area contributed by atoms with Gasteiger partial charge in [0.25, 0.3) is 5.91 Å². The number of nitrogens with one attached hydrogen (secondary N) is 2. The van der Waals surface area contributed by atoms with Gasteiger partial charge >= 0.3 is 0 Å². The zero-order valence-electron chi connectivity index (χ0n) is 14.5. The van der Waals surface area contributed by atoms with Gasteiger partial charge in [-0.1, -0.05) is 29.8 Å². The van der Waals surface area contributed by atoms with Crippen LogP contribution in [0.15, 0.2) is 54.6 Å². The van der Waals surface area contributed by atoms with Crippen molar-refractivity contribution < 1.29 is 9.59 Å². The lowest BCUT2D eigenvalue weighted by molar-refractivity contribution is -0.111. The maximum Gasteiger partial charge on any atom is 0.251 e. The summed E-state index contributed by atoms with van der Waals surface area (Å²) >= 11 is 6.04. The summed E-state index contributed by atoms with van der Waals surface area (Å²) in [5.41, 5.74) is 1.63.